The topological polar surface area (TPSA) is 86.8 Å². The average molecular weight is 442 g/mol. The molecule has 2 aliphatic rings. The Labute approximate surface area is 183 Å². The van der Waals surface area contributed by atoms with Gasteiger partial charge in [-0.1, -0.05) is 12.1 Å². The van der Waals surface area contributed by atoms with E-state index in [1.165, 1.54) is 4.31 Å². The Morgan fingerprint density at radius 3 is 2.39 bits per heavy atom. The van der Waals surface area contributed by atoms with E-state index in [-0.39, 0.29) is 17.6 Å². The number of aryl methyl sites for hydroxylation is 2. The van der Waals surface area contributed by atoms with E-state index in [1.54, 1.807) is 23.1 Å². The highest BCUT2D eigenvalue weighted by Gasteiger charge is 2.28. The molecule has 2 saturated heterocycles. The second-order valence-electron chi connectivity index (χ2n) is 8.20. The Balaban J connectivity index is 1.59. The molecule has 2 fully saturated rings. The lowest BCUT2D eigenvalue weighted by molar-refractivity contribution is -0.117. The molecule has 2 amide bonds. The van der Waals surface area contributed by atoms with Crippen LogP contribution in [-0.4, -0.2) is 39.1 Å². The molecule has 0 radical (unpaired) electrons. The van der Waals surface area contributed by atoms with Crippen molar-refractivity contribution < 1.29 is 18.0 Å². The zero-order valence-electron chi connectivity index (χ0n) is 17.8. The first kappa shape index (κ1) is 21.4. The van der Waals surface area contributed by atoms with Gasteiger partial charge in [0.1, 0.15) is 0 Å². The summed E-state index contributed by atoms with van der Waals surface area (Å²) < 4.78 is 26.5. The van der Waals surface area contributed by atoms with Crippen molar-refractivity contribution in [3.63, 3.8) is 0 Å². The maximum atomic E-state index is 12.9. The number of anilines is 3. The average Bonchev–Trinajstić information content (AvgIpc) is 3.15. The summed E-state index contributed by atoms with van der Waals surface area (Å²) in [6.07, 6.45) is 2.84. The van der Waals surface area contributed by atoms with Crippen molar-refractivity contribution in [2.75, 3.05) is 33.4 Å². The largest absolute Gasteiger partial charge is 0.322 e. The SMILES string of the molecule is Cc1ccc(NC(=O)c2ccc(C)c(N3CCCCS3(=O)=O)c2)cc1N1CCCC1=O. The van der Waals surface area contributed by atoms with Crippen molar-refractivity contribution >= 4 is 38.9 Å². The molecule has 0 bridgehead atoms. The third-order valence-electron chi connectivity index (χ3n) is 5.92. The van der Waals surface area contributed by atoms with Gasteiger partial charge in [0.05, 0.1) is 11.4 Å². The Hall–Kier alpha value is -2.87. The van der Waals surface area contributed by atoms with E-state index in [9.17, 15) is 18.0 Å². The van der Waals surface area contributed by atoms with Gasteiger partial charge in [-0.3, -0.25) is 13.9 Å². The molecule has 164 valence electrons. The van der Waals surface area contributed by atoms with Gasteiger partial charge < -0.3 is 10.2 Å². The number of nitrogens with zero attached hydrogens (tertiary/aromatic N) is 2. The molecule has 7 nitrogen and oxygen atoms in total. The van der Waals surface area contributed by atoms with Crippen LogP contribution in [0.25, 0.3) is 0 Å². The van der Waals surface area contributed by atoms with Gasteiger partial charge in [-0.25, -0.2) is 8.42 Å². The van der Waals surface area contributed by atoms with Crippen LogP contribution in [0.3, 0.4) is 0 Å². The molecule has 0 aromatic heterocycles. The Morgan fingerprint density at radius 1 is 0.935 bits per heavy atom. The Bertz CT molecular complexity index is 1140. The second kappa shape index (κ2) is 8.34. The van der Waals surface area contributed by atoms with E-state index in [2.05, 4.69) is 5.32 Å². The summed E-state index contributed by atoms with van der Waals surface area (Å²) >= 11 is 0. The molecule has 2 aromatic carbocycles. The van der Waals surface area contributed by atoms with E-state index in [0.717, 1.165) is 29.7 Å². The molecule has 31 heavy (non-hydrogen) atoms. The number of benzene rings is 2. The summed E-state index contributed by atoms with van der Waals surface area (Å²) in [5.74, 6) is -0.0970. The second-order valence-corrected chi connectivity index (χ2v) is 10.2. The minimum absolute atomic E-state index is 0.0949. The maximum absolute atomic E-state index is 12.9. The van der Waals surface area contributed by atoms with Crippen LogP contribution < -0.4 is 14.5 Å². The number of rotatable bonds is 4. The van der Waals surface area contributed by atoms with Crippen molar-refractivity contribution in [2.24, 2.45) is 0 Å². The summed E-state index contributed by atoms with van der Waals surface area (Å²) in [7, 11) is -3.36. The minimum atomic E-state index is -3.36. The van der Waals surface area contributed by atoms with Crippen molar-refractivity contribution in [2.45, 2.75) is 39.5 Å². The molecule has 0 atom stereocenters. The fraction of sp³-hybridized carbons (Fsp3) is 0.391. The van der Waals surface area contributed by atoms with Gasteiger partial charge in [-0.2, -0.15) is 0 Å². The molecule has 0 saturated carbocycles. The van der Waals surface area contributed by atoms with Gasteiger partial charge in [0.15, 0.2) is 0 Å². The summed E-state index contributed by atoms with van der Waals surface area (Å²) in [4.78, 5) is 26.8. The molecule has 2 aliphatic heterocycles. The van der Waals surface area contributed by atoms with Gasteiger partial charge in [0.25, 0.3) is 5.91 Å². The van der Waals surface area contributed by atoms with E-state index in [1.807, 2.05) is 32.0 Å². The van der Waals surface area contributed by atoms with Crippen molar-refractivity contribution in [1.29, 1.82) is 0 Å². The van der Waals surface area contributed by atoms with Crippen LogP contribution in [0.15, 0.2) is 36.4 Å². The van der Waals surface area contributed by atoms with Crippen LogP contribution in [0.1, 0.15) is 47.2 Å². The zero-order valence-corrected chi connectivity index (χ0v) is 18.7. The highest BCUT2D eigenvalue weighted by atomic mass is 32.2. The van der Waals surface area contributed by atoms with Crippen LogP contribution in [0.4, 0.5) is 17.1 Å². The number of sulfonamides is 1. The highest BCUT2D eigenvalue weighted by Crippen LogP contribution is 2.30. The van der Waals surface area contributed by atoms with Gasteiger partial charge in [0, 0.05) is 36.4 Å². The molecule has 0 aliphatic carbocycles. The minimum Gasteiger partial charge on any atom is -0.322 e. The van der Waals surface area contributed by atoms with Crippen LogP contribution in [-0.2, 0) is 14.8 Å². The number of carbonyl (C=O) groups is 2. The third kappa shape index (κ3) is 4.30. The monoisotopic (exact) mass is 441 g/mol. The highest BCUT2D eigenvalue weighted by molar-refractivity contribution is 7.92. The number of carbonyl (C=O) groups excluding carboxylic acids is 2. The Kier molecular flexibility index (Phi) is 5.75. The first-order valence-corrected chi connectivity index (χ1v) is 12.2. The maximum Gasteiger partial charge on any atom is 0.255 e. The number of amides is 2. The van der Waals surface area contributed by atoms with Crippen LogP contribution >= 0.6 is 0 Å². The predicted molar refractivity (Wildman–Crippen MR) is 122 cm³/mol. The first-order valence-electron chi connectivity index (χ1n) is 10.6. The van der Waals surface area contributed by atoms with E-state index in [4.69, 9.17) is 0 Å². The lowest BCUT2D eigenvalue weighted by Gasteiger charge is -2.29. The fourth-order valence-corrected chi connectivity index (χ4v) is 5.86. The smallest absolute Gasteiger partial charge is 0.255 e. The summed E-state index contributed by atoms with van der Waals surface area (Å²) in [5.41, 5.74) is 4.14. The van der Waals surface area contributed by atoms with E-state index < -0.39 is 10.0 Å². The number of nitrogens with one attached hydrogen (secondary N) is 1. The molecule has 0 spiro atoms. The molecule has 0 unspecified atom stereocenters. The summed E-state index contributed by atoms with van der Waals surface area (Å²) in [6.45, 7) is 4.90. The van der Waals surface area contributed by atoms with Gasteiger partial charge in [-0.05, 0) is 68.5 Å². The van der Waals surface area contributed by atoms with E-state index >= 15 is 0 Å². The quantitative estimate of drug-likeness (QED) is 0.785. The van der Waals surface area contributed by atoms with Crippen LogP contribution in [0, 0.1) is 13.8 Å². The first-order chi connectivity index (χ1) is 14.8. The molecule has 1 N–H and O–H groups in total. The molecular weight excluding hydrogens is 414 g/mol. The molecule has 8 heteroatoms. The summed E-state index contributed by atoms with van der Waals surface area (Å²) in [6, 6.07) is 10.6. The predicted octanol–water partition coefficient (Wildman–Crippen LogP) is 3.61. The standard InChI is InChI=1S/C23H27N3O4S/c1-16-8-10-19(15-20(16)25-11-5-6-22(25)27)24-23(28)18-9-7-17(2)21(14-18)26-12-3-4-13-31(26,29)30/h7-10,14-15H,3-6,11-13H2,1-2H3,(H,24,28). The molecule has 4 rings (SSSR count). The lowest BCUT2D eigenvalue weighted by Crippen LogP contribution is -2.38. The molecule has 2 heterocycles. The zero-order chi connectivity index (χ0) is 22.2. The van der Waals surface area contributed by atoms with Gasteiger partial charge in [-0.15, -0.1) is 0 Å². The summed E-state index contributed by atoms with van der Waals surface area (Å²) in [5, 5.41) is 2.89. The van der Waals surface area contributed by atoms with Crippen molar-refractivity contribution in [3.8, 4) is 0 Å². The number of hydrogen-bond acceptors (Lipinski definition) is 4. The fourth-order valence-electron chi connectivity index (χ4n) is 4.16. The van der Waals surface area contributed by atoms with Crippen molar-refractivity contribution in [3.05, 3.63) is 53.1 Å². The lowest BCUT2D eigenvalue weighted by atomic mass is 10.1. The third-order valence-corrected chi connectivity index (χ3v) is 7.78. The molecular formula is C23H27N3O4S. The van der Waals surface area contributed by atoms with Gasteiger partial charge in [0.2, 0.25) is 15.9 Å². The Morgan fingerprint density at radius 2 is 1.68 bits per heavy atom. The molecule has 2 aromatic rings. The van der Waals surface area contributed by atoms with Crippen LogP contribution in [0.5, 0.6) is 0 Å². The van der Waals surface area contributed by atoms with Crippen LogP contribution in [0.2, 0.25) is 0 Å². The van der Waals surface area contributed by atoms with Gasteiger partial charge >= 0.3 is 0 Å². The number of hydrogen-bond donors (Lipinski definition) is 1. The van der Waals surface area contributed by atoms with Crippen molar-refractivity contribution in [1.82, 2.24) is 0 Å². The van der Waals surface area contributed by atoms with E-state index in [0.29, 0.717) is 42.9 Å². The normalized spacial score (nSPS) is 18.3.